The summed E-state index contributed by atoms with van der Waals surface area (Å²) in [6, 6.07) is 22.7. The lowest BCUT2D eigenvalue weighted by atomic mass is 10.0. The van der Waals surface area contributed by atoms with Gasteiger partial charge in [-0.25, -0.2) is 4.98 Å². The topological polar surface area (TPSA) is 109 Å². The van der Waals surface area contributed by atoms with Crippen molar-refractivity contribution in [3.63, 3.8) is 0 Å². The van der Waals surface area contributed by atoms with Gasteiger partial charge in [-0.3, -0.25) is 0 Å². The highest BCUT2D eigenvalue weighted by Gasteiger charge is 2.20. The van der Waals surface area contributed by atoms with E-state index in [0.717, 1.165) is 28.1 Å². The van der Waals surface area contributed by atoms with Crippen molar-refractivity contribution in [2.24, 2.45) is 0 Å². The number of hydrogen-bond acceptors (Lipinski definition) is 6. The summed E-state index contributed by atoms with van der Waals surface area (Å²) in [6.07, 6.45) is 1.56. The molecule has 4 rings (SSSR count). The van der Waals surface area contributed by atoms with Crippen molar-refractivity contribution in [1.29, 1.82) is 10.5 Å². The van der Waals surface area contributed by atoms with E-state index >= 15 is 0 Å². The molecule has 0 N–H and O–H groups in total. The second-order valence-electron chi connectivity index (χ2n) is 7.66. The van der Waals surface area contributed by atoms with E-state index in [-0.39, 0.29) is 10.8 Å². The minimum Gasteiger partial charge on any atom is -0.358 e. The van der Waals surface area contributed by atoms with Gasteiger partial charge in [-0.1, -0.05) is 36.4 Å². The first-order valence-corrected chi connectivity index (χ1v) is 11.8. The van der Waals surface area contributed by atoms with Gasteiger partial charge < -0.3 is 8.75 Å². The van der Waals surface area contributed by atoms with Crippen molar-refractivity contribution in [2.45, 2.75) is 25.3 Å². The molecule has 0 radical (unpaired) electrons. The minimum atomic E-state index is -3.96. The minimum absolute atomic E-state index is 0.0236. The van der Waals surface area contributed by atoms with Crippen LogP contribution < -0.4 is 4.18 Å². The number of aromatic nitrogens is 2. The average molecular weight is 469 g/mol. The molecule has 0 unspecified atom stereocenters. The molecule has 0 fully saturated rings. The summed E-state index contributed by atoms with van der Waals surface area (Å²) in [5.41, 5.74) is 5.36. The summed E-state index contributed by atoms with van der Waals surface area (Å²) >= 11 is 0. The number of benzene rings is 2. The van der Waals surface area contributed by atoms with Gasteiger partial charge >= 0.3 is 10.1 Å². The van der Waals surface area contributed by atoms with Crippen molar-refractivity contribution in [3.8, 4) is 29.1 Å². The standard InChI is InChI=1S/C26H20N4O3S/c1-18-24(15-28)26(22-11-8-20(14-27)9-12-22)19(2)30(18)17-21-10-13-25(29-16-21)33-34(31,32)23-6-4-3-5-7-23/h3-13,16H,17H2,1-2H3. The Morgan fingerprint density at radius 3 is 2.21 bits per heavy atom. The molecular formula is C26H20N4O3S. The first-order valence-electron chi connectivity index (χ1n) is 10.4. The number of nitrogens with zero attached hydrogens (tertiary/aromatic N) is 4. The molecule has 0 aliphatic rings. The van der Waals surface area contributed by atoms with Crippen LogP contribution in [0.3, 0.4) is 0 Å². The van der Waals surface area contributed by atoms with E-state index in [4.69, 9.17) is 9.44 Å². The molecule has 0 bridgehead atoms. The fraction of sp³-hybridized carbons (Fsp3) is 0.115. The van der Waals surface area contributed by atoms with Crippen LogP contribution in [0.25, 0.3) is 11.1 Å². The van der Waals surface area contributed by atoms with E-state index in [1.807, 2.05) is 30.5 Å². The predicted molar refractivity (Wildman–Crippen MR) is 126 cm³/mol. The molecule has 0 aliphatic carbocycles. The van der Waals surface area contributed by atoms with E-state index in [1.54, 1.807) is 42.6 Å². The Balaban J connectivity index is 1.60. The number of hydrogen-bond donors (Lipinski definition) is 0. The zero-order chi connectivity index (χ0) is 24.3. The van der Waals surface area contributed by atoms with Gasteiger partial charge in [-0.2, -0.15) is 18.9 Å². The Hall–Kier alpha value is -4.40. The summed E-state index contributed by atoms with van der Waals surface area (Å²) in [6.45, 7) is 4.27. The highest BCUT2D eigenvalue weighted by Crippen LogP contribution is 2.32. The first-order chi connectivity index (χ1) is 16.3. The zero-order valence-corrected chi connectivity index (χ0v) is 19.4. The lowest BCUT2D eigenvalue weighted by molar-refractivity contribution is 0.475. The van der Waals surface area contributed by atoms with Gasteiger partial charge in [0.2, 0.25) is 5.88 Å². The number of nitriles is 2. The Morgan fingerprint density at radius 2 is 1.62 bits per heavy atom. The molecule has 2 aromatic carbocycles. The number of rotatable bonds is 6. The van der Waals surface area contributed by atoms with Crippen LogP contribution in [0.5, 0.6) is 5.88 Å². The van der Waals surface area contributed by atoms with Crippen molar-refractivity contribution >= 4 is 10.1 Å². The summed E-state index contributed by atoms with van der Waals surface area (Å²) in [7, 11) is -3.96. The molecule has 2 heterocycles. The summed E-state index contributed by atoms with van der Waals surface area (Å²) in [4.78, 5) is 4.22. The van der Waals surface area contributed by atoms with E-state index < -0.39 is 10.1 Å². The second kappa shape index (κ2) is 9.22. The quantitative estimate of drug-likeness (QED) is 0.379. The van der Waals surface area contributed by atoms with Gasteiger partial charge in [0.1, 0.15) is 11.0 Å². The van der Waals surface area contributed by atoms with Crippen LogP contribution in [0.2, 0.25) is 0 Å². The monoisotopic (exact) mass is 468 g/mol. The van der Waals surface area contributed by atoms with Crippen LogP contribution in [-0.4, -0.2) is 18.0 Å². The molecule has 2 aromatic heterocycles. The van der Waals surface area contributed by atoms with E-state index in [9.17, 15) is 13.7 Å². The third-order valence-corrected chi connectivity index (χ3v) is 6.80. The lowest BCUT2D eigenvalue weighted by Crippen LogP contribution is -2.11. The highest BCUT2D eigenvalue weighted by atomic mass is 32.2. The summed E-state index contributed by atoms with van der Waals surface area (Å²) in [5, 5.41) is 18.9. The maximum Gasteiger partial charge on any atom is 0.340 e. The van der Waals surface area contributed by atoms with Gasteiger partial charge in [-0.15, -0.1) is 0 Å². The van der Waals surface area contributed by atoms with Gasteiger partial charge in [0.25, 0.3) is 0 Å². The number of pyridine rings is 1. The first kappa shape index (κ1) is 22.8. The Bertz CT molecular complexity index is 1530. The fourth-order valence-electron chi connectivity index (χ4n) is 3.81. The van der Waals surface area contributed by atoms with Crippen molar-refractivity contribution in [2.75, 3.05) is 0 Å². The Kier molecular flexibility index (Phi) is 6.18. The van der Waals surface area contributed by atoms with Crippen LogP contribution in [-0.2, 0) is 16.7 Å². The van der Waals surface area contributed by atoms with Crippen LogP contribution in [0.15, 0.2) is 77.8 Å². The maximum absolute atomic E-state index is 12.4. The van der Waals surface area contributed by atoms with E-state index in [2.05, 4.69) is 17.1 Å². The Morgan fingerprint density at radius 1 is 0.912 bits per heavy atom. The molecule has 7 nitrogen and oxygen atoms in total. The molecule has 0 amide bonds. The van der Waals surface area contributed by atoms with Gasteiger partial charge in [0, 0.05) is 35.8 Å². The molecular weight excluding hydrogens is 448 g/mol. The lowest BCUT2D eigenvalue weighted by Gasteiger charge is -2.11. The fourth-order valence-corrected chi connectivity index (χ4v) is 4.72. The highest BCUT2D eigenvalue weighted by molar-refractivity contribution is 7.87. The van der Waals surface area contributed by atoms with Crippen LogP contribution in [0, 0.1) is 36.5 Å². The van der Waals surface area contributed by atoms with Crippen molar-refractivity contribution in [3.05, 3.63) is 101 Å². The predicted octanol–water partition coefficient (Wildman–Crippen LogP) is 4.73. The van der Waals surface area contributed by atoms with Crippen molar-refractivity contribution in [1.82, 2.24) is 9.55 Å². The third-order valence-electron chi connectivity index (χ3n) is 5.56. The summed E-state index contributed by atoms with van der Waals surface area (Å²) in [5.74, 6) is -0.0236. The molecule has 0 saturated heterocycles. The van der Waals surface area contributed by atoms with E-state index in [1.165, 1.54) is 18.2 Å². The Labute approximate surface area is 198 Å². The average Bonchev–Trinajstić information content (AvgIpc) is 3.09. The molecule has 168 valence electrons. The van der Waals surface area contributed by atoms with Crippen LogP contribution >= 0.6 is 0 Å². The third kappa shape index (κ3) is 4.40. The maximum atomic E-state index is 12.4. The van der Waals surface area contributed by atoms with Crippen molar-refractivity contribution < 1.29 is 12.6 Å². The molecule has 0 saturated carbocycles. The zero-order valence-electron chi connectivity index (χ0n) is 18.6. The summed E-state index contributed by atoms with van der Waals surface area (Å²) < 4.78 is 32.0. The molecule has 0 spiro atoms. The van der Waals surface area contributed by atoms with Gasteiger partial charge in [0.05, 0.1) is 17.2 Å². The smallest absolute Gasteiger partial charge is 0.340 e. The van der Waals surface area contributed by atoms with Crippen LogP contribution in [0.4, 0.5) is 0 Å². The molecule has 0 aliphatic heterocycles. The largest absolute Gasteiger partial charge is 0.358 e. The normalized spacial score (nSPS) is 10.9. The second-order valence-corrected chi connectivity index (χ2v) is 9.21. The molecule has 4 aromatic rings. The van der Waals surface area contributed by atoms with E-state index in [0.29, 0.717) is 17.7 Å². The van der Waals surface area contributed by atoms with Gasteiger partial charge in [0.15, 0.2) is 0 Å². The molecule has 0 atom stereocenters. The SMILES string of the molecule is Cc1c(C#N)c(-c2ccc(C#N)cc2)c(C)n1Cc1ccc(OS(=O)(=O)c2ccccc2)nc1. The van der Waals surface area contributed by atoms with Gasteiger partial charge in [-0.05, 0) is 49.2 Å². The molecule has 8 heteroatoms. The molecule has 34 heavy (non-hydrogen) atoms. The van der Waals surface area contributed by atoms with Crippen LogP contribution in [0.1, 0.15) is 28.1 Å².